The molecular formula is C75H114O6. The first-order valence-electron chi connectivity index (χ1n) is 31.9. The van der Waals surface area contributed by atoms with E-state index in [9.17, 15) is 14.4 Å². The molecule has 0 aromatic carbocycles. The number of rotatable bonds is 55. The van der Waals surface area contributed by atoms with Crippen LogP contribution in [-0.2, 0) is 28.6 Å². The van der Waals surface area contributed by atoms with Crippen molar-refractivity contribution >= 4 is 17.9 Å². The first-order valence-corrected chi connectivity index (χ1v) is 31.9. The van der Waals surface area contributed by atoms with Gasteiger partial charge in [-0.15, -0.1) is 0 Å². The van der Waals surface area contributed by atoms with Crippen molar-refractivity contribution in [2.45, 2.75) is 245 Å². The van der Waals surface area contributed by atoms with Gasteiger partial charge >= 0.3 is 17.9 Å². The molecule has 0 aliphatic heterocycles. The minimum atomic E-state index is -0.830. The fourth-order valence-corrected chi connectivity index (χ4v) is 7.85. The highest BCUT2D eigenvalue weighted by Crippen LogP contribution is 2.12. The van der Waals surface area contributed by atoms with Gasteiger partial charge in [0.2, 0.25) is 0 Å². The summed E-state index contributed by atoms with van der Waals surface area (Å²) in [5.41, 5.74) is 0. The van der Waals surface area contributed by atoms with Crippen LogP contribution in [0.2, 0.25) is 0 Å². The molecule has 0 rings (SSSR count). The van der Waals surface area contributed by atoms with E-state index in [1.807, 2.05) is 0 Å². The second kappa shape index (κ2) is 66.8. The van der Waals surface area contributed by atoms with E-state index in [4.69, 9.17) is 14.2 Å². The molecule has 6 nitrogen and oxygen atoms in total. The molecule has 0 spiro atoms. The zero-order chi connectivity index (χ0) is 58.5. The van der Waals surface area contributed by atoms with Gasteiger partial charge in [-0.3, -0.25) is 14.4 Å². The first-order chi connectivity index (χ1) is 40.0. The van der Waals surface area contributed by atoms with Crippen LogP contribution in [0, 0.1) is 0 Å². The second-order valence-corrected chi connectivity index (χ2v) is 20.2. The quantitative estimate of drug-likeness (QED) is 0.0261. The third-order valence-electron chi connectivity index (χ3n) is 12.5. The normalized spacial score (nSPS) is 13.5. The van der Waals surface area contributed by atoms with Crippen LogP contribution in [0.25, 0.3) is 0 Å². The monoisotopic (exact) mass is 1110 g/mol. The molecule has 0 N–H and O–H groups in total. The molecule has 1 unspecified atom stereocenters. The maximum atomic E-state index is 12.9. The van der Waals surface area contributed by atoms with Gasteiger partial charge in [0.15, 0.2) is 6.10 Å². The van der Waals surface area contributed by atoms with Gasteiger partial charge in [-0.2, -0.15) is 0 Å². The van der Waals surface area contributed by atoms with Crippen LogP contribution in [-0.4, -0.2) is 37.2 Å². The van der Waals surface area contributed by atoms with E-state index in [1.165, 1.54) is 6.42 Å². The van der Waals surface area contributed by atoms with Crippen LogP contribution >= 0.6 is 0 Å². The van der Waals surface area contributed by atoms with Gasteiger partial charge in [0.1, 0.15) is 13.2 Å². The first kappa shape index (κ1) is 75.2. The lowest BCUT2D eigenvalue weighted by molar-refractivity contribution is -0.167. The van der Waals surface area contributed by atoms with Crippen molar-refractivity contribution in [1.29, 1.82) is 0 Å². The maximum Gasteiger partial charge on any atom is 0.306 e. The Morgan fingerprint density at radius 1 is 0.259 bits per heavy atom. The average Bonchev–Trinajstić information content (AvgIpc) is 3.46. The van der Waals surface area contributed by atoms with E-state index in [0.717, 1.165) is 186 Å². The highest BCUT2D eigenvalue weighted by Gasteiger charge is 2.19. The molecule has 0 aromatic heterocycles. The molecule has 0 bridgehead atoms. The van der Waals surface area contributed by atoms with E-state index in [0.29, 0.717) is 12.8 Å². The highest BCUT2D eigenvalue weighted by molar-refractivity contribution is 5.71. The molecule has 0 aliphatic rings. The van der Waals surface area contributed by atoms with Gasteiger partial charge in [0.05, 0.1) is 0 Å². The van der Waals surface area contributed by atoms with Crippen LogP contribution in [0.4, 0.5) is 0 Å². The van der Waals surface area contributed by atoms with Crippen molar-refractivity contribution in [3.8, 4) is 0 Å². The number of allylic oxidation sites excluding steroid dienone is 32. The van der Waals surface area contributed by atoms with Crippen LogP contribution < -0.4 is 0 Å². The van der Waals surface area contributed by atoms with Gasteiger partial charge in [-0.1, -0.05) is 254 Å². The van der Waals surface area contributed by atoms with Gasteiger partial charge in [-0.05, 0) is 161 Å². The fraction of sp³-hybridized carbons (Fsp3) is 0.533. The molecule has 0 aliphatic carbocycles. The Hall–Kier alpha value is -5.75. The molecule has 0 aromatic rings. The zero-order valence-electron chi connectivity index (χ0n) is 51.5. The third-order valence-corrected chi connectivity index (χ3v) is 12.5. The summed E-state index contributed by atoms with van der Waals surface area (Å²) in [6.07, 6.45) is 101. The lowest BCUT2D eigenvalue weighted by atomic mass is 10.1. The van der Waals surface area contributed by atoms with Crippen molar-refractivity contribution in [2.75, 3.05) is 13.2 Å². The second-order valence-electron chi connectivity index (χ2n) is 20.2. The number of ether oxygens (including phenoxy) is 3. The predicted octanol–water partition coefficient (Wildman–Crippen LogP) is 22.2. The molecule has 81 heavy (non-hydrogen) atoms. The highest BCUT2D eigenvalue weighted by atomic mass is 16.6. The predicted molar refractivity (Wildman–Crippen MR) is 352 cm³/mol. The smallest absolute Gasteiger partial charge is 0.306 e. The van der Waals surface area contributed by atoms with Crippen LogP contribution in [0.3, 0.4) is 0 Å². The number of esters is 3. The van der Waals surface area contributed by atoms with Gasteiger partial charge in [0.25, 0.3) is 0 Å². The maximum absolute atomic E-state index is 12.9. The minimum Gasteiger partial charge on any atom is -0.462 e. The zero-order valence-corrected chi connectivity index (χ0v) is 51.5. The lowest BCUT2D eigenvalue weighted by Gasteiger charge is -2.18. The Morgan fingerprint density at radius 3 is 0.778 bits per heavy atom. The summed E-state index contributed by atoms with van der Waals surface area (Å²) in [5, 5.41) is 0. The Bertz CT molecular complexity index is 1950. The van der Waals surface area contributed by atoms with E-state index in [-0.39, 0.29) is 44.0 Å². The van der Waals surface area contributed by atoms with Crippen molar-refractivity contribution in [3.05, 3.63) is 194 Å². The van der Waals surface area contributed by atoms with Crippen LogP contribution in [0.1, 0.15) is 239 Å². The lowest BCUT2D eigenvalue weighted by Crippen LogP contribution is -2.30. The standard InChI is InChI=1S/C75H114O6/c1-4-7-10-13-16-19-22-25-27-29-31-33-35-36-37-38-40-41-43-45-47-50-53-56-59-62-65-68-74(77)80-71-72(70-79-73(76)67-64-61-58-55-52-49-24-21-18-15-12-9-6-3)81-75(78)69-66-63-60-57-54-51-48-46-44-42-39-34-32-30-28-26-23-20-17-14-11-8-5-2/h7-8,10-12,15-17,19-21,24-28,31-34,36-37,40-42,44-45,47-48,51,53,56,72H,4-6,9,13-14,18,22-23,29-30,35,38-39,43,46,49-50,52,54-55,57-71H2,1-3H3/b10-7-,11-8-,15-12-,19-16-,20-17-,24-21-,27-25-,28-26-,33-31-,34-32-,37-36-,41-40-,44-42-,47-45-,51-48-,56-53-. The van der Waals surface area contributed by atoms with Gasteiger partial charge in [0, 0.05) is 19.3 Å². The molecule has 0 heterocycles. The summed E-state index contributed by atoms with van der Waals surface area (Å²) in [5.74, 6) is -1.01. The Morgan fingerprint density at radius 2 is 0.481 bits per heavy atom. The van der Waals surface area contributed by atoms with E-state index >= 15 is 0 Å². The third kappa shape index (κ3) is 64.9. The molecule has 0 amide bonds. The molecule has 0 fully saturated rings. The molecule has 450 valence electrons. The SMILES string of the molecule is CC/C=C\C/C=C\C/C=C\C/C=C\C/C=C\C/C=C\C/C=C\C/C=C\CCCCC(=O)OCC(COC(=O)CCCCCCC/C=C\C/C=C\CCC)OC(=O)CCCCCC/C=C\C/C=C\C/C=C\C/C=C\C/C=C\C/C=C\CC. The van der Waals surface area contributed by atoms with Gasteiger partial charge < -0.3 is 14.2 Å². The summed E-state index contributed by atoms with van der Waals surface area (Å²) in [7, 11) is 0. The molecule has 0 saturated carbocycles. The largest absolute Gasteiger partial charge is 0.462 e. The number of hydrogen-bond acceptors (Lipinski definition) is 6. The van der Waals surface area contributed by atoms with Crippen molar-refractivity contribution < 1.29 is 28.6 Å². The van der Waals surface area contributed by atoms with Crippen LogP contribution in [0.5, 0.6) is 0 Å². The molecular weight excluding hydrogens is 997 g/mol. The molecule has 0 saturated heterocycles. The van der Waals surface area contributed by atoms with E-state index < -0.39 is 6.10 Å². The summed E-state index contributed by atoms with van der Waals surface area (Å²) >= 11 is 0. The van der Waals surface area contributed by atoms with Gasteiger partial charge in [-0.25, -0.2) is 0 Å². The topological polar surface area (TPSA) is 78.9 Å². The summed E-state index contributed by atoms with van der Waals surface area (Å²) in [6.45, 7) is 6.26. The van der Waals surface area contributed by atoms with Crippen LogP contribution in [0.15, 0.2) is 194 Å². The summed E-state index contributed by atoms with van der Waals surface area (Å²) < 4.78 is 16.8. The summed E-state index contributed by atoms with van der Waals surface area (Å²) in [4.78, 5) is 38.3. The number of hydrogen-bond donors (Lipinski definition) is 0. The Kier molecular flexibility index (Phi) is 62.0. The van der Waals surface area contributed by atoms with E-state index in [2.05, 4.69) is 215 Å². The molecule has 0 radical (unpaired) electrons. The summed E-state index contributed by atoms with van der Waals surface area (Å²) in [6, 6.07) is 0. The van der Waals surface area contributed by atoms with Crippen molar-refractivity contribution in [3.63, 3.8) is 0 Å². The number of carbonyl (C=O) groups is 3. The number of unbranched alkanes of at least 4 members (excludes halogenated alkanes) is 12. The molecule has 1 atom stereocenters. The fourth-order valence-electron chi connectivity index (χ4n) is 7.85. The van der Waals surface area contributed by atoms with Crippen molar-refractivity contribution in [1.82, 2.24) is 0 Å². The van der Waals surface area contributed by atoms with Crippen molar-refractivity contribution in [2.24, 2.45) is 0 Å². The Labute approximate surface area is 497 Å². The number of carbonyl (C=O) groups excluding carboxylic acids is 3. The minimum absolute atomic E-state index is 0.121. The Balaban J connectivity index is 4.53. The van der Waals surface area contributed by atoms with E-state index in [1.54, 1.807) is 0 Å². The average molecular weight is 1110 g/mol. The molecule has 6 heteroatoms.